The number of carbonyl (C=O) groups excluding carboxylic acids is 1. The van der Waals surface area contributed by atoms with Gasteiger partial charge in [0.15, 0.2) is 11.4 Å². The van der Waals surface area contributed by atoms with Gasteiger partial charge in [-0.2, -0.15) is 10.5 Å². The fraction of sp³-hybridized carbons (Fsp3) is 0.522. The number of nitriles is 2. The molecular weight excluding hydrogens is 484 g/mol. The first-order valence-electron chi connectivity index (χ1n) is 11.4. The molecule has 0 spiro atoms. The van der Waals surface area contributed by atoms with Gasteiger partial charge >= 0.3 is 6.09 Å². The predicted octanol–water partition coefficient (Wildman–Crippen LogP) is 1.59. The monoisotopic (exact) mass is 514 g/mol. The van der Waals surface area contributed by atoms with Gasteiger partial charge in [0.25, 0.3) is 0 Å². The maximum Gasteiger partial charge on any atom is 0.410 e. The van der Waals surface area contributed by atoms with Crippen molar-refractivity contribution in [2.45, 2.75) is 26.4 Å². The highest BCUT2D eigenvalue weighted by atomic mass is 35.5. The van der Waals surface area contributed by atoms with Crippen molar-refractivity contribution in [3.8, 4) is 12.1 Å². The summed E-state index contributed by atoms with van der Waals surface area (Å²) in [5.41, 5.74) is 0.183. The molecule has 2 aliphatic rings. The van der Waals surface area contributed by atoms with Crippen LogP contribution in [-0.2, 0) is 4.74 Å². The number of nitrogens with zero attached hydrogens (tertiary/aromatic N) is 9. The first kappa shape index (κ1) is 28.5. The van der Waals surface area contributed by atoms with E-state index in [1.165, 1.54) is 12.4 Å². The van der Waals surface area contributed by atoms with Gasteiger partial charge in [-0.3, -0.25) is 0 Å². The predicted molar refractivity (Wildman–Crippen MR) is 136 cm³/mol. The summed E-state index contributed by atoms with van der Waals surface area (Å²) in [6.07, 6.45) is 5.92. The highest BCUT2D eigenvalue weighted by Crippen LogP contribution is 2.15. The molecule has 13 heteroatoms. The second-order valence-corrected chi connectivity index (χ2v) is 8.93. The van der Waals surface area contributed by atoms with Gasteiger partial charge in [0.2, 0.25) is 0 Å². The zero-order chi connectivity index (χ0) is 25.3. The lowest BCUT2D eigenvalue weighted by Gasteiger charge is -2.35. The lowest BCUT2D eigenvalue weighted by molar-refractivity contribution is 0.0240. The van der Waals surface area contributed by atoms with Crippen LogP contribution >= 0.6 is 12.4 Å². The Morgan fingerprint density at radius 3 is 1.69 bits per heavy atom. The van der Waals surface area contributed by atoms with Gasteiger partial charge in [-0.05, 0) is 20.8 Å². The second kappa shape index (κ2) is 13.4. The van der Waals surface area contributed by atoms with Crippen molar-refractivity contribution in [1.29, 1.82) is 10.5 Å². The van der Waals surface area contributed by atoms with Crippen LogP contribution in [0, 0.1) is 22.7 Å². The minimum absolute atomic E-state index is 0. The number of piperazine rings is 2. The van der Waals surface area contributed by atoms with Crippen LogP contribution in [0.4, 0.5) is 16.4 Å². The number of hydrogen-bond donors (Lipinski definition) is 1. The molecular formula is C23H31ClN10O2. The summed E-state index contributed by atoms with van der Waals surface area (Å²) in [5, 5.41) is 20.5. The van der Waals surface area contributed by atoms with Gasteiger partial charge in [0.1, 0.15) is 29.4 Å². The highest BCUT2D eigenvalue weighted by Gasteiger charge is 2.26. The summed E-state index contributed by atoms with van der Waals surface area (Å²) in [6, 6.07) is 3.89. The summed E-state index contributed by atoms with van der Waals surface area (Å²) in [7, 11) is 0. The number of halogens is 1. The SMILES string of the molecule is CC(C)(C)OC(=O)N1CCN(c2cnc(C#N)cn2)CC1.Cl.N#Cc1cnc(N2CCNCC2)cn1. The van der Waals surface area contributed by atoms with Crippen LogP contribution in [0.5, 0.6) is 0 Å². The summed E-state index contributed by atoms with van der Waals surface area (Å²) in [6.45, 7) is 11.9. The summed E-state index contributed by atoms with van der Waals surface area (Å²) >= 11 is 0. The third-order valence-corrected chi connectivity index (χ3v) is 5.20. The zero-order valence-corrected chi connectivity index (χ0v) is 21.5. The highest BCUT2D eigenvalue weighted by molar-refractivity contribution is 5.85. The van der Waals surface area contributed by atoms with Gasteiger partial charge in [-0.1, -0.05) is 0 Å². The molecule has 2 aromatic heterocycles. The standard InChI is InChI=1S/C14H19N5O2.C9H11N5.ClH/c1-14(2,3)21-13(20)19-6-4-18(5-7-19)12-10-16-11(8-15)9-17-12;10-5-8-6-13-9(7-12-8)14-3-1-11-2-4-14;/h9-10H,4-7H2,1-3H3;6-7,11H,1-4H2;1H. The molecule has 0 bridgehead atoms. The fourth-order valence-corrected chi connectivity index (χ4v) is 3.42. The first-order chi connectivity index (χ1) is 16.8. The van der Waals surface area contributed by atoms with Crippen LogP contribution in [0.15, 0.2) is 24.8 Å². The molecule has 2 aromatic rings. The Bertz CT molecular complexity index is 1050. The van der Waals surface area contributed by atoms with Crippen LogP contribution in [0.3, 0.4) is 0 Å². The van der Waals surface area contributed by atoms with Crippen LogP contribution in [0.2, 0.25) is 0 Å². The number of nitrogens with one attached hydrogen (secondary N) is 1. The molecule has 0 saturated carbocycles. The molecule has 36 heavy (non-hydrogen) atoms. The summed E-state index contributed by atoms with van der Waals surface area (Å²) in [4.78, 5) is 34.2. The van der Waals surface area contributed by atoms with E-state index in [4.69, 9.17) is 15.3 Å². The van der Waals surface area contributed by atoms with Crippen molar-refractivity contribution >= 4 is 30.1 Å². The van der Waals surface area contributed by atoms with Crippen molar-refractivity contribution in [1.82, 2.24) is 30.2 Å². The number of amides is 1. The molecule has 2 saturated heterocycles. The average Bonchev–Trinajstić information content (AvgIpc) is 2.89. The van der Waals surface area contributed by atoms with E-state index in [-0.39, 0.29) is 18.5 Å². The lowest BCUT2D eigenvalue weighted by atomic mass is 10.2. The molecule has 0 atom stereocenters. The molecule has 4 heterocycles. The largest absolute Gasteiger partial charge is 0.444 e. The van der Waals surface area contributed by atoms with E-state index in [0.717, 1.165) is 37.8 Å². The van der Waals surface area contributed by atoms with E-state index in [2.05, 4.69) is 30.2 Å². The van der Waals surface area contributed by atoms with Gasteiger partial charge in [0, 0.05) is 52.4 Å². The maximum atomic E-state index is 12.0. The summed E-state index contributed by atoms with van der Waals surface area (Å²) in [5.74, 6) is 1.57. The van der Waals surface area contributed by atoms with E-state index in [1.807, 2.05) is 37.8 Å². The van der Waals surface area contributed by atoms with Crippen LogP contribution < -0.4 is 15.1 Å². The van der Waals surface area contributed by atoms with Gasteiger partial charge < -0.3 is 24.8 Å². The Kier molecular flexibility index (Phi) is 10.6. The molecule has 1 amide bonds. The Labute approximate surface area is 217 Å². The second-order valence-electron chi connectivity index (χ2n) is 8.93. The minimum atomic E-state index is -0.479. The third kappa shape index (κ3) is 8.48. The van der Waals surface area contributed by atoms with Gasteiger partial charge in [-0.15, -0.1) is 12.4 Å². The quantitative estimate of drug-likeness (QED) is 0.622. The van der Waals surface area contributed by atoms with Crippen molar-refractivity contribution in [3.63, 3.8) is 0 Å². The van der Waals surface area contributed by atoms with Crippen LogP contribution in [0.25, 0.3) is 0 Å². The van der Waals surface area contributed by atoms with Crippen molar-refractivity contribution in [2.24, 2.45) is 0 Å². The smallest absolute Gasteiger partial charge is 0.410 e. The molecule has 2 fully saturated rings. The van der Waals surface area contributed by atoms with E-state index in [9.17, 15) is 4.79 Å². The Hall–Kier alpha value is -3.74. The molecule has 0 aliphatic carbocycles. The number of hydrogen-bond acceptors (Lipinski definition) is 11. The topological polar surface area (TPSA) is 147 Å². The number of ether oxygens (including phenoxy) is 1. The van der Waals surface area contributed by atoms with Crippen molar-refractivity contribution in [2.75, 3.05) is 62.2 Å². The zero-order valence-electron chi connectivity index (χ0n) is 20.7. The Balaban J connectivity index is 0.000000265. The molecule has 192 valence electrons. The normalized spacial score (nSPS) is 15.4. The average molecular weight is 515 g/mol. The van der Waals surface area contributed by atoms with E-state index < -0.39 is 5.60 Å². The van der Waals surface area contributed by atoms with Crippen LogP contribution in [0.1, 0.15) is 32.2 Å². The number of anilines is 2. The number of aromatic nitrogens is 4. The summed E-state index contributed by atoms with van der Waals surface area (Å²) < 4.78 is 5.35. The van der Waals surface area contributed by atoms with E-state index in [0.29, 0.717) is 37.6 Å². The van der Waals surface area contributed by atoms with Gasteiger partial charge in [-0.25, -0.2) is 24.7 Å². The van der Waals surface area contributed by atoms with Gasteiger partial charge in [0.05, 0.1) is 24.8 Å². The molecule has 0 unspecified atom stereocenters. The third-order valence-electron chi connectivity index (χ3n) is 5.20. The molecule has 2 aliphatic heterocycles. The minimum Gasteiger partial charge on any atom is -0.444 e. The molecule has 0 aromatic carbocycles. The van der Waals surface area contributed by atoms with Crippen molar-refractivity contribution in [3.05, 3.63) is 36.2 Å². The lowest BCUT2D eigenvalue weighted by Crippen LogP contribution is -2.50. The fourth-order valence-electron chi connectivity index (χ4n) is 3.42. The molecule has 1 N–H and O–H groups in total. The molecule has 4 rings (SSSR count). The Morgan fingerprint density at radius 1 is 0.833 bits per heavy atom. The number of carbonyl (C=O) groups is 1. The van der Waals surface area contributed by atoms with E-state index >= 15 is 0 Å². The molecule has 0 radical (unpaired) electrons. The van der Waals surface area contributed by atoms with E-state index in [1.54, 1.807) is 17.3 Å². The van der Waals surface area contributed by atoms with Crippen LogP contribution in [-0.4, -0.2) is 88.9 Å². The first-order valence-corrected chi connectivity index (χ1v) is 11.4. The maximum absolute atomic E-state index is 12.0. The molecule has 12 nitrogen and oxygen atoms in total. The Morgan fingerprint density at radius 2 is 1.31 bits per heavy atom. The number of rotatable bonds is 2. The van der Waals surface area contributed by atoms with Crippen molar-refractivity contribution < 1.29 is 9.53 Å².